The van der Waals surface area contributed by atoms with Crippen LogP contribution in [0, 0.1) is 16.7 Å². The molecule has 1 saturated carbocycles. The molecule has 2 nitrogen and oxygen atoms in total. The maximum absolute atomic E-state index is 12.1. The third-order valence-corrected chi connectivity index (χ3v) is 5.70. The van der Waals surface area contributed by atoms with E-state index in [9.17, 15) is 4.79 Å². The van der Waals surface area contributed by atoms with Crippen LogP contribution in [0.1, 0.15) is 66.7 Å². The van der Waals surface area contributed by atoms with Crippen LogP contribution in [0.3, 0.4) is 0 Å². The third-order valence-electron chi connectivity index (χ3n) is 5.03. The van der Waals surface area contributed by atoms with Crippen molar-refractivity contribution in [1.82, 2.24) is 5.32 Å². The summed E-state index contributed by atoms with van der Waals surface area (Å²) in [6, 6.07) is 0.346. The molecule has 1 aliphatic carbocycles. The zero-order chi connectivity index (χ0) is 14.7. The summed E-state index contributed by atoms with van der Waals surface area (Å²) in [5, 5.41) is 3.18. The van der Waals surface area contributed by atoms with Crippen LogP contribution in [0.4, 0.5) is 0 Å². The van der Waals surface area contributed by atoms with E-state index in [0.717, 1.165) is 18.8 Å². The van der Waals surface area contributed by atoms with E-state index in [-0.39, 0.29) is 5.91 Å². The zero-order valence-corrected chi connectivity index (χ0v) is 13.9. The maximum atomic E-state index is 12.1. The Labute approximate surface area is 123 Å². The van der Waals surface area contributed by atoms with Crippen LogP contribution in [0.5, 0.6) is 0 Å². The van der Waals surface area contributed by atoms with E-state index in [0.29, 0.717) is 17.3 Å². The molecule has 0 atom stereocenters. The quantitative estimate of drug-likeness (QED) is 0.748. The van der Waals surface area contributed by atoms with Gasteiger partial charge in [0.25, 0.3) is 0 Å². The Hall–Kier alpha value is -0.240. The Morgan fingerprint density at radius 1 is 1.16 bits per heavy atom. The molecule has 0 aromatic heterocycles. The van der Waals surface area contributed by atoms with E-state index in [2.05, 4.69) is 26.1 Å². The van der Waals surface area contributed by atoms with Gasteiger partial charge in [0.15, 0.2) is 0 Å². The first-order chi connectivity index (χ1) is 8.73. The van der Waals surface area contributed by atoms with Crippen LogP contribution < -0.4 is 5.32 Å². The number of carbonyl (C=O) groups excluding carboxylic acids is 1. The summed E-state index contributed by atoms with van der Waals surface area (Å²) in [6.07, 6.45) is 5.91. The number of hydrogen-bond acceptors (Lipinski definition) is 1. The summed E-state index contributed by atoms with van der Waals surface area (Å²) in [5.74, 6) is 1.27. The monoisotopic (exact) mass is 287 g/mol. The van der Waals surface area contributed by atoms with E-state index in [4.69, 9.17) is 11.6 Å². The molecule has 0 saturated heterocycles. The number of alkyl halides is 1. The van der Waals surface area contributed by atoms with Crippen LogP contribution in [0.15, 0.2) is 0 Å². The first kappa shape index (κ1) is 16.8. The second-order valence-electron chi connectivity index (χ2n) is 7.38. The predicted octanol–water partition coefficient (Wildman–Crippen LogP) is 4.36. The van der Waals surface area contributed by atoms with Gasteiger partial charge in [0.05, 0.1) is 5.41 Å². The van der Waals surface area contributed by atoms with Gasteiger partial charge in [-0.15, -0.1) is 11.6 Å². The Morgan fingerprint density at radius 2 is 1.68 bits per heavy atom. The molecule has 1 fully saturated rings. The average Bonchev–Trinajstić information content (AvgIpc) is 2.39. The van der Waals surface area contributed by atoms with E-state index in [1.807, 2.05) is 13.8 Å². The van der Waals surface area contributed by atoms with Gasteiger partial charge in [0.1, 0.15) is 0 Å². The van der Waals surface area contributed by atoms with E-state index < -0.39 is 5.41 Å². The van der Waals surface area contributed by atoms with Gasteiger partial charge in [-0.2, -0.15) is 0 Å². The standard InChI is InChI=1S/C16H30ClNO/c1-6-15(2,3)12-7-9-13(10-8-12)18-14(19)16(4,5)11-17/h12-13H,6-11H2,1-5H3,(H,18,19). The Balaban J connectivity index is 2.45. The van der Waals surface area contributed by atoms with Gasteiger partial charge in [-0.25, -0.2) is 0 Å². The molecule has 1 rings (SSSR count). The van der Waals surface area contributed by atoms with Crippen LogP contribution in [0.2, 0.25) is 0 Å². The smallest absolute Gasteiger partial charge is 0.227 e. The van der Waals surface area contributed by atoms with E-state index >= 15 is 0 Å². The maximum Gasteiger partial charge on any atom is 0.227 e. The third kappa shape index (κ3) is 4.37. The highest BCUT2D eigenvalue weighted by Crippen LogP contribution is 2.40. The van der Waals surface area contributed by atoms with Crippen LogP contribution >= 0.6 is 11.6 Å². The van der Waals surface area contributed by atoms with Crippen molar-refractivity contribution in [2.45, 2.75) is 72.8 Å². The minimum atomic E-state index is -0.457. The van der Waals surface area contributed by atoms with Gasteiger partial charge in [-0.05, 0) is 50.9 Å². The molecular formula is C16H30ClNO. The molecule has 0 aromatic carbocycles. The first-order valence-electron chi connectivity index (χ1n) is 7.60. The molecule has 1 amide bonds. The van der Waals surface area contributed by atoms with Gasteiger partial charge < -0.3 is 5.32 Å². The van der Waals surface area contributed by atoms with Crippen molar-refractivity contribution in [3.63, 3.8) is 0 Å². The first-order valence-corrected chi connectivity index (χ1v) is 8.13. The van der Waals surface area contributed by atoms with Gasteiger partial charge in [0.2, 0.25) is 5.91 Å². The molecule has 112 valence electrons. The van der Waals surface area contributed by atoms with Gasteiger partial charge in [0, 0.05) is 11.9 Å². The number of nitrogens with one attached hydrogen (secondary N) is 1. The summed E-state index contributed by atoms with van der Waals surface area (Å²) in [5.41, 5.74) is -0.0223. The molecule has 0 heterocycles. The largest absolute Gasteiger partial charge is 0.353 e. The number of amides is 1. The minimum absolute atomic E-state index is 0.0979. The van der Waals surface area contributed by atoms with Crippen molar-refractivity contribution in [3.05, 3.63) is 0 Å². The van der Waals surface area contributed by atoms with Crippen LogP contribution in [0.25, 0.3) is 0 Å². The van der Waals surface area contributed by atoms with Gasteiger partial charge >= 0.3 is 0 Å². The Kier molecular flexibility index (Phi) is 5.73. The highest BCUT2D eigenvalue weighted by atomic mass is 35.5. The Morgan fingerprint density at radius 3 is 2.11 bits per heavy atom. The van der Waals surface area contributed by atoms with Crippen molar-refractivity contribution in [2.24, 2.45) is 16.7 Å². The molecule has 0 spiro atoms. The molecule has 1 N–H and O–H groups in total. The summed E-state index contributed by atoms with van der Waals surface area (Å²) in [7, 11) is 0. The lowest BCUT2D eigenvalue weighted by Gasteiger charge is -2.39. The molecule has 19 heavy (non-hydrogen) atoms. The summed E-state index contributed by atoms with van der Waals surface area (Å²) in [4.78, 5) is 12.1. The second-order valence-corrected chi connectivity index (χ2v) is 7.65. The highest BCUT2D eigenvalue weighted by molar-refractivity contribution is 6.19. The van der Waals surface area contributed by atoms with Gasteiger partial charge in [-0.3, -0.25) is 4.79 Å². The molecule has 0 aromatic rings. The number of rotatable bonds is 5. The molecule has 0 radical (unpaired) electrons. The van der Waals surface area contributed by atoms with Crippen molar-refractivity contribution < 1.29 is 4.79 Å². The normalized spacial score (nSPS) is 25.2. The fourth-order valence-electron chi connectivity index (χ4n) is 2.75. The number of carbonyl (C=O) groups is 1. The Bertz CT molecular complexity index is 304. The summed E-state index contributed by atoms with van der Waals surface area (Å²) < 4.78 is 0. The fraction of sp³-hybridized carbons (Fsp3) is 0.938. The van der Waals surface area contributed by atoms with Gasteiger partial charge in [-0.1, -0.05) is 27.2 Å². The lowest BCUT2D eigenvalue weighted by molar-refractivity contribution is -0.129. The molecule has 0 aliphatic heterocycles. The molecule has 3 heteroatoms. The summed E-state index contributed by atoms with van der Waals surface area (Å²) >= 11 is 5.85. The average molecular weight is 288 g/mol. The van der Waals surface area contributed by atoms with Crippen molar-refractivity contribution in [3.8, 4) is 0 Å². The topological polar surface area (TPSA) is 29.1 Å². The highest BCUT2D eigenvalue weighted by Gasteiger charge is 2.34. The van der Waals surface area contributed by atoms with E-state index in [1.165, 1.54) is 19.3 Å². The number of hydrogen-bond donors (Lipinski definition) is 1. The van der Waals surface area contributed by atoms with Crippen molar-refractivity contribution >= 4 is 17.5 Å². The summed E-state index contributed by atoms with van der Waals surface area (Å²) in [6.45, 7) is 10.8. The van der Waals surface area contributed by atoms with Crippen LogP contribution in [-0.2, 0) is 4.79 Å². The molecule has 0 bridgehead atoms. The second kappa shape index (κ2) is 6.47. The van der Waals surface area contributed by atoms with Crippen molar-refractivity contribution in [2.75, 3.05) is 5.88 Å². The lowest BCUT2D eigenvalue weighted by atomic mass is 9.69. The molecule has 1 aliphatic rings. The molecular weight excluding hydrogens is 258 g/mol. The van der Waals surface area contributed by atoms with E-state index in [1.54, 1.807) is 0 Å². The van der Waals surface area contributed by atoms with Crippen molar-refractivity contribution in [1.29, 1.82) is 0 Å². The minimum Gasteiger partial charge on any atom is -0.353 e. The fourth-order valence-corrected chi connectivity index (χ4v) is 2.87. The lowest BCUT2D eigenvalue weighted by Crippen LogP contribution is -2.45. The SMILES string of the molecule is CCC(C)(C)C1CCC(NC(=O)C(C)(C)CCl)CC1. The zero-order valence-electron chi connectivity index (χ0n) is 13.2. The predicted molar refractivity (Wildman–Crippen MR) is 82.5 cm³/mol. The van der Waals surface area contributed by atoms with Crippen LogP contribution in [-0.4, -0.2) is 17.8 Å². The number of halogens is 1. The molecule has 0 unspecified atom stereocenters.